The lowest BCUT2D eigenvalue weighted by Crippen LogP contribution is -2.23. The normalized spacial score (nSPS) is 13.1. The van der Waals surface area contributed by atoms with Crippen molar-refractivity contribution in [1.82, 2.24) is 4.98 Å². The standard InChI is InChI=1S/C11H14ClNO4S/c1-3-17-11(14)9-5-4-6-13-10(9)18(15,16)8(2)7-12/h4-6,8H,3,7H2,1-2H3. The molecule has 0 aliphatic heterocycles. The molecule has 0 saturated carbocycles. The van der Waals surface area contributed by atoms with Gasteiger partial charge in [0.25, 0.3) is 0 Å². The molecule has 0 amide bonds. The molecular weight excluding hydrogens is 278 g/mol. The van der Waals surface area contributed by atoms with Crippen LogP contribution in [0.4, 0.5) is 0 Å². The quantitative estimate of drug-likeness (QED) is 0.609. The summed E-state index contributed by atoms with van der Waals surface area (Å²) in [5.41, 5.74) is -0.0590. The lowest BCUT2D eigenvalue weighted by molar-refractivity contribution is 0.0521. The van der Waals surface area contributed by atoms with Crippen LogP contribution in [0.1, 0.15) is 24.2 Å². The fourth-order valence-corrected chi connectivity index (χ4v) is 2.97. The van der Waals surface area contributed by atoms with E-state index in [1.165, 1.54) is 25.3 Å². The predicted molar refractivity (Wildman–Crippen MR) is 67.6 cm³/mol. The fraction of sp³-hybridized carbons (Fsp3) is 0.455. The second kappa shape index (κ2) is 6.15. The minimum Gasteiger partial charge on any atom is -0.462 e. The van der Waals surface area contributed by atoms with Crippen LogP contribution in [0.2, 0.25) is 0 Å². The Hall–Kier alpha value is -1.14. The van der Waals surface area contributed by atoms with Gasteiger partial charge in [0.05, 0.1) is 17.4 Å². The molecule has 5 nitrogen and oxygen atoms in total. The summed E-state index contributed by atoms with van der Waals surface area (Å²) in [6.07, 6.45) is 1.32. The predicted octanol–water partition coefficient (Wildman–Crippen LogP) is 1.66. The summed E-state index contributed by atoms with van der Waals surface area (Å²) in [5, 5.41) is -1.10. The van der Waals surface area contributed by atoms with Gasteiger partial charge in [-0.3, -0.25) is 0 Å². The molecule has 1 unspecified atom stereocenters. The van der Waals surface area contributed by atoms with Crippen LogP contribution in [0.25, 0.3) is 0 Å². The summed E-state index contributed by atoms with van der Waals surface area (Å²) in [6.45, 7) is 3.27. The second-order valence-electron chi connectivity index (χ2n) is 3.59. The molecule has 1 heterocycles. The third kappa shape index (κ3) is 3.00. The average molecular weight is 292 g/mol. The molecule has 0 fully saturated rings. The second-order valence-corrected chi connectivity index (χ2v) is 6.18. The van der Waals surface area contributed by atoms with Crippen LogP contribution in [0.3, 0.4) is 0 Å². The van der Waals surface area contributed by atoms with Gasteiger partial charge < -0.3 is 4.74 Å². The van der Waals surface area contributed by atoms with Crippen molar-refractivity contribution in [3.63, 3.8) is 0 Å². The van der Waals surface area contributed by atoms with Gasteiger partial charge in [-0.05, 0) is 26.0 Å². The highest BCUT2D eigenvalue weighted by Gasteiger charge is 2.29. The van der Waals surface area contributed by atoms with E-state index in [9.17, 15) is 13.2 Å². The number of rotatable bonds is 5. The lowest BCUT2D eigenvalue weighted by atomic mass is 10.3. The molecule has 18 heavy (non-hydrogen) atoms. The number of esters is 1. The minimum absolute atomic E-state index is 0.0590. The highest BCUT2D eigenvalue weighted by molar-refractivity contribution is 7.92. The molecule has 1 atom stereocenters. The van der Waals surface area contributed by atoms with Gasteiger partial charge in [-0.15, -0.1) is 11.6 Å². The summed E-state index contributed by atoms with van der Waals surface area (Å²) in [4.78, 5) is 15.4. The molecular formula is C11H14ClNO4S. The number of hydrogen-bond donors (Lipinski definition) is 0. The molecule has 0 saturated heterocycles. The lowest BCUT2D eigenvalue weighted by Gasteiger charge is -2.12. The van der Waals surface area contributed by atoms with E-state index >= 15 is 0 Å². The molecule has 0 N–H and O–H groups in total. The summed E-state index contributed by atoms with van der Waals surface area (Å²) in [6, 6.07) is 2.86. The largest absolute Gasteiger partial charge is 0.462 e. The summed E-state index contributed by atoms with van der Waals surface area (Å²) < 4.78 is 29.1. The molecule has 0 radical (unpaired) electrons. The summed E-state index contributed by atoms with van der Waals surface area (Å²) in [5.74, 6) is -0.771. The molecule has 1 rings (SSSR count). The van der Waals surface area contributed by atoms with Crippen molar-refractivity contribution in [1.29, 1.82) is 0 Å². The summed E-state index contributed by atoms with van der Waals surface area (Å²) >= 11 is 5.56. The number of ether oxygens (including phenoxy) is 1. The van der Waals surface area contributed by atoms with Gasteiger partial charge >= 0.3 is 5.97 Å². The van der Waals surface area contributed by atoms with Crippen molar-refractivity contribution < 1.29 is 17.9 Å². The molecule has 0 aliphatic rings. The van der Waals surface area contributed by atoms with E-state index in [-0.39, 0.29) is 23.1 Å². The number of carbonyl (C=O) groups is 1. The number of halogens is 1. The zero-order chi connectivity index (χ0) is 13.8. The van der Waals surface area contributed by atoms with Crippen LogP contribution in [-0.2, 0) is 14.6 Å². The third-order valence-corrected chi connectivity index (χ3v) is 5.02. The third-order valence-electron chi connectivity index (χ3n) is 2.28. The maximum absolute atomic E-state index is 12.1. The number of aromatic nitrogens is 1. The molecule has 7 heteroatoms. The van der Waals surface area contributed by atoms with Gasteiger partial charge in [0, 0.05) is 12.1 Å². The van der Waals surface area contributed by atoms with Gasteiger partial charge in [-0.2, -0.15) is 0 Å². The molecule has 0 aliphatic carbocycles. The summed E-state index contributed by atoms with van der Waals surface area (Å²) in [7, 11) is -3.73. The first-order chi connectivity index (χ1) is 8.45. The van der Waals surface area contributed by atoms with E-state index in [4.69, 9.17) is 16.3 Å². The average Bonchev–Trinajstić information content (AvgIpc) is 2.38. The maximum atomic E-state index is 12.1. The van der Waals surface area contributed by atoms with E-state index in [2.05, 4.69) is 4.98 Å². The van der Waals surface area contributed by atoms with Crippen LogP contribution in [0.5, 0.6) is 0 Å². The monoisotopic (exact) mass is 291 g/mol. The van der Waals surface area contributed by atoms with Gasteiger partial charge in [0.15, 0.2) is 14.9 Å². The van der Waals surface area contributed by atoms with Gasteiger partial charge in [0.1, 0.15) is 0 Å². The Bertz CT molecular complexity index is 530. The van der Waals surface area contributed by atoms with Crippen LogP contribution >= 0.6 is 11.6 Å². The molecule has 0 aromatic carbocycles. The van der Waals surface area contributed by atoms with Gasteiger partial charge in [-0.25, -0.2) is 18.2 Å². The van der Waals surface area contributed by atoms with Gasteiger partial charge in [0.2, 0.25) is 0 Å². The van der Waals surface area contributed by atoms with E-state index in [1.54, 1.807) is 6.92 Å². The first-order valence-corrected chi connectivity index (χ1v) is 7.45. The van der Waals surface area contributed by atoms with Crippen molar-refractivity contribution in [2.24, 2.45) is 0 Å². The molecule has 1 aromatic rings. The number of hydrogen-bond acceptors (Lipinski definition) is 5. The van der Waals surface area contributed by atoms with Crippen molar-refractivity contribution in [3.8, 4) is 0 Å². The zero-order valence-electron chi connectivity index (χ0n) is 10.1. The van der Waals surface area contributed by atoms with E-state index in [0.717, 1.165) is 0 Å². The van der Waals surface area contributed by atoms with Crippen LogP contribution in [0.15, 0.2) is 23.4 Å². The molecule has 0 bridgehead atoms. The van der Waals surface area contributed by atoms with E-state index in [1.807, 2.05) is 0 Å². The molecule has 0 spiro atoms. The molecule has 100 valence electrons. The minimum atomic E-state index is -3.73. The highest BCUT2D eigenvalue weighted by Crippen LogP contribution is 2.19. The fourth-order valence-electron chi connectivity index (χ4n) is 1.26. The maximum Gasteiger partial charge on any atom is 0.341 e. The topological polar surface area (TPSA) is 73.3 Å². The van der Waals surface area contributed by atoms with Crippen molar-refractivity contribution in [3.05, 3.63) is 23.9 Å². The Kier molecular flexibility index (Phi) is 5.10. The van der Waals surface area contributed by atoms with Crippen LogP contribution in [0, 0.1) is 0 Å². The number of nitrogens with zero attached hydrogens (tertiary/aromatic N) is 1. The number of pyridine rings is 1. The Balaban J connectivity index is 3.30. The Morgan fingerprint density at radius 1 is 1.56 bits per heavy atom. The zero-order valence-corrected chi connectivity index (χ0v) is 11.7. The Labute approximate surface area is 111 Å². The Morgan fingerprint density at radius 3 is 2.78 bits per heavy atom. The number of carbonyl (C=O) groups excluding carboxylic acids is 1. The molecule has 1 aromatic heterocycles. The van der Waals surface area contributed by atoms with Crippen molar-refractivity contribution in [2.45, 2.75) is 24.1 Å². The SMILES string of the molecule is CCOC(=O)c1cccnc1S(=O)(=O)C(C)CCl. The van der Waals surface area contributed by atoms with Crippen molar-refractivity contribution >= 4 is 27.4 Å². The number of sulfone groups is 1. The first-order valence-electron chi connectivity index (χ1n) is 5.37. The van der Waals surface area contributed by atoms with E-state index < -0.39 is 21.1 Å². The van der Waals surface area contributed by atoms with Crippen LogP contribution in [-0.4, -0.2) is 37.1 Å². The number of alkyl halides is 1. The first kappa shape index (κ1) is 14.9. The van der Waals surface area contributed by atoms with Crippen molar-refractivity contribution in [2.75, 3.05) is 12.5 Å². The Morgan fingerprint density at radius 2 is 2.22 bits per heavy atom. The smallest absolute Gasteiger partial charge is 0.341 e. The highest BCUT2D eigenvalue weighted by atomic mass is 35.5. The van der Waals surface area contributed by atoms with Gasteiger partial charge in [-0.1, -0.05) is 0 Å². The van der Waals surface area contributed by atoms with E-state index in [0.29, 0.717) is 0 Å². The van der Waals surface area contributed by atoms with Crippen LogP contribution < -0.4 is 0 Å².